The molecule has 4 aromatic heterocycles. The zero-order valence-corrected chi connectivity index (χ0v) is 27.8. The Balaban J connectivity index is 1.07. The molecule has 0 radical (unpaired) electrons. The van der Waals surface area contributed by atoms with Gasteiger partial charge in [-0.25, -0.2) is 28.7 Å². The summed E-state index contributed by atoms with van der Waals surface area (Å²) in [7, 11) is -4.90. The lowest BCUT2D eigenvalue weighted by Gasteiger charge is -2.15. The van der Waals surface area contributed by atoms with Crippen LogP contribution in [0.1, 0.15) is 12.5 Å². The number of fused-ring (bicyclic) bond motifs is 2. The number of aliphatic hydroxyl groups excluding tert-OH is 2. The number of hydrogen-bond acceptors (Lipinski definition) is 16. The highest BCUT2D eigenvalue weighted by atomic mass is 32.7. The van der Waals surface area contributed by atoms with Crippen LogP contribution in [0.4, 0.5) is 8.78 Å². The quantitative estimate of drug-likeness (QED) is 0.0827. The van der Waals surface area contributed by atoms with Crippen molar-refractivity contribution < 1.29 is 56.1 Å². The summed E-state index contributed by atoms with van der Waals surface area (Å²) >= 11 is 7.32. The van der Waals surface area contributed by atoms with Crippen LogP contribution in [0.15, 0.2) is 37.5 Å². The van der Waals surface area contributed by atoms with Gasteiger partial charge in [-0.3, -0.25) is 9.13 Å². The van der Waals surface area contributed by atoms with Crippen molar-refractivity contribution in [3.05, 3.63) is 37.5 Å². The number of aromatic nitrogens is 8. The molecule has 2 aliphatic rings. The number of imidazole rings is 2. The first-order chi connectivity index (χ1) is 23.2. The first kappa shape index (κ1) is 34.8. The van der Waals surface area contributed by atoms with Gasteiger partial charge in [-0.05, 0) is 21.3 Å². The van der Waals surface area contributed by atoms with Crippen LogP contribution in [-0.4, -0.2) is 112 Å². The van der Waals surface area contributed by atoms with Crippen LogP contribution in [0.3, 0.4) is 0 Å². The Hall–Kier alpha value is -3.04. The molecule has 0 bridgehead atoms. The highest BCUT2D eigenvalue weighted by Crippen LogP contribution is 2.43. The number of rotatable bonds is 14. The van der Waals surface area contributed by atoms with Gasteiger partial charge in [-0.1, -0.05) is 0 Å². The average Bonchev–Trinajstić information content (AvgIpc) is 3.83. The van der Waals surface area contributed by atoms with E-state index in [0.717, 1.165) is 0 Å². The highest BCUT2D eigenvalue weighted by molar-refractivity contribution is 8.39. The Labute approximate surface area is 280 Å². The van der Waals surface area contributed by atoms with E-state index in [1.165, 1.54) is 34.4 Å². The van der Waals surface area contributed by atoms with Crippen molar-refractivity contribution in [3.8, 4) is 11.8 Å². The number of hydrogen-bond donors (Lipinski definition) is 4. The summed E-state index contributed by atoms with van der Waals surface area (Å²) in [4.78, 5) is 25.0. The second-order valence-corrected chi connectivity index (χ2v) is 13.4. The fourth-order valence-corrected chi connectivity index (χ4v) is 6.80. The average molecular weight is 751 g/mol. The minimum Gasteiger partial charge on any atom is -0.472 e. The Morgan fingerprint density at radius 3 is 1.54 bits per heavy atom. The van der Waals surface area contributed by atoms with Gasteiger partial charge in [0.1, 0.15) is 62.6 Å². The third-order valence-corrected chi connectivity index (χ3v) is 8.73. The molecular formula is C24H26F2N8O10P2S2+2. The Kier molecular flexibility index (Phi) is 11.1. The Morgan fingerprint density at radius 1 is 0.750 bits per heavy atom. The van der Waals surface area contributed by atoms with Crippen molar-refractivity contribution in [2.45, 2.75) is 49.2 Å². The number of halogens is 2. The first-order valence-corrected chi connectivity index (χ1v) is 18.6. The van der Waals surface area contributed by atoms with E-state index >= 15 is 8.78 Å². The van der Waals surface area contributed by atoms with Crippen molar-refractivity contribution in [2.75, 3.05) is 26.4 Å². The predicted molar refractivity (Wildman–Crippen MR) is 165 cm³/mol. The number of ether oxygens (including phenoxy) is 4. The monoisotopic (exact) mass is 750 g/mol. The maximum atomic E-state index is 15.2. The van der Waals surface area contributed by atoms with E-state index < -0.39 is 76.9 Å². The molecule has 2 saturated heterocycles. The van der Waals surface area contributed by atoms with E-state index in [-0.39, 0.29) is 47.3 Å². The molecule has 6 heterocycles. The SMILES string of the molecule is O=[P+](S)O[C@@H]1[C@@H](CO)OC(n2cnc3c(OC/C=C/COc4ncnc5c4ncn5[C@@H]4O[C@H](CO)[C@@H](O[P+](=O)S)[C@H]4F)ncnc32)[C@@H]1F. The molecule has 0 aromatic carbocycles. The molecule has 2 fully saturated rings. The van der Waals surface area contributed by atoms with Gasteiger partial charge in [-0.15, -0.1) is 9.05 Å². The fraction of sp³-hybridized carbons (Fsp3) is 0.500. The summed E-state index contributed by atoms with van der Waals surface area (Å²) in [5.74, 6) is 0.201. The molecule has 4 aromatic rings. The second-order valence-electron chi connectivity index (χ2n) is 10.1. The maximum absolute atomic E-state index is 15.2. The topological polar surface area (TPSA) is 217 Å². The van der Waals surface area contributed by atoms with Crippen molar-refractivity contribution in [1.29, 1.82) is 0 Å². The molecule has 48 heavy (non-hydrogen) atoms. The maximum Gasteiger partial charge on any atom is 0.582 e. The molecule has 3 unspecified atom stereocenters. The summed E-state index contributed by atoms with van der Waals surface area (Å²) in [5.41, 5.74) is 0.806. The molecule has 2 N–H and O–H groups in total. The molecule has 0 spiro atoms. The van der Waals surface area contributed by atoms with Crippen molar-refractivity contribution in [2.24, 2.45) is 0 Å². The van der Waals surface area contributed by atoms with Gasteiger partial charge in [0.15, 0.2) is 59.3 Å². The van der Waals surface area contributed by atoms with Gasteiger partial charge in [0.05, 0.1) is 25.9 Å². The molecule has 24 heteroatoms. The third kappa shape index (κ3) is 7.00. The molecule has 0 amide bonds. The van der Waals surface area contributed by atoms with E-state index in [0.29, 0.717) is 0 Å². The fourth-order valence-electron chi connectivity index (χ4n) is 5.22. The lowest BCUT2D eigenvalue weighted by molar-refractivity contribution is -0.0427. The van der Waals surface area contributed by atoms with Crippen molar-refractivity contribution in [3.63, 3.8) is 0 Å². The Bertz CT molecular complexity index is 1700. The number of thiol groups is 2. The van der Waals surface area contributed by atoms with Crippen molar-refractivity contribution >= 4 is 61.3 Å². The van der Waals surface area contributed by atoms with Crippen molar-refractivity contribution in [1.82, 2.24) is 39.0 Å². The van der Waals surface area contributed by atoms with E-state index in [4.69, 9.17) is 28.0 Å². The number of aliphatic hydroxyl groups is 2. The summed E-state index contributed by atoms with van der Waals surface area (Å²) in [5, 5.41) is 19.2. The van der Waals surface area contributed by atoms with Crippen LogP contribution in [-0.2, 0) is 27.7 Å². The van der Waals surface area contributed by atoms with Gasteiger partial charge in [0.25, 0.3) is 0 Å². The van der Waals surface area contributed by atoms with Crippen LogP contribution in [0, 0.1) is 0 Å². The minimum absolute atomic E-state index is 0.0311. The van der Waals surface area contributed by atoms with Crippen LogP contribution in [0.5, 0.6) is 11.8 Å². The molecular weight excluding hydrogens is 724 g/mol. The van der Waals surface area contributed by atoms with Crippen LogP contribution in [0.2, 0.25) is 0 Å². The van der Waals surface area contributed by atoms with Gasteiger partial charge < -0.3 is 29.2 Å². The van der Waals surface area contributed by atoms with Gasteiger partial charge >= 0.3 is 14.5 Å². The normalized spacial score (nSPS) is 28.1. The summed E-state index contributed by atoms with van der Waals surface area (Å²) in [6.07, 6.45) is -2.77. The van der Waals surface area contributed by atoms with Gasteiger partial charge in [0.2, 0.25) is 11.8 Å². The highest BCUT2D eigenvalue weighted by Gasteiger charge is 2.52. The number of alkyl halides is 2. The minimum atomic E-state index is -2.45. The standard InChI is InChI=1S/C24H24F2N8O10P2S2/c25-13-17(43-45(37)47)11(5-35)41-23(13)33-9-31-15-19(33)27-7-29-21(15)39-3-1-2-4-40-22-16-20(28-8-30-22)34(10-32-16)24-14(26)18(44-46(38)48)12(6-36)42-24/h1-2,7-14,17-18,23-24,35-36H,3-6H2/p+2/b2-1+/t11-,12-,13-,14-,17-,18-,23-,24?/m1/s1. The summed E-state index contributed by atoms with van der Waals surface area (Å²) in [6, 6.07) is 0. The van der Waals surface area contributed by atoms with E-state index in [1.54, 1.807) is 12.2 Å². The molecule has 256 valence electrons. The number of nitrogens with zero attached hydrogens (tertiary/aromatic N) is 8. The molecule has 6 rings (SSSR count). The second kappa shape index (κ2) is 15.2. The first-order valence-electron chi connectivity index (χ1n) is 13.9. The largest absolute Gasteiger partial charge is 0.582 e. The third-order valence-electron chi connectivity index (χ3n) is 7.32. The molecule has 0 aliphatic carbocycles. The zero-order chi connectivity index (χ0) is 33.9. The van der Waals surface area contributed by atoms with Crippen LogP contribution >= 0.6 is 39.0 Å². The summed E-state index contributed by atoms with van der Waals surface area (Å²) < 4.78 is 88.6. The predicted octanol–water partition coefficient (Wildman–Crippen LogP) is 2.38. The summed E-state index contributed by atoms with van der Waals surface area (Å²) in [6.45, 7) is -1.09. The Morgan fingerprint density at radius 2 is 1.17 bits per heavy atom. The molecule has 10 atom stereocenters. The molecule has 2 aliphatic heterocycles. The molecule has 18 nitrogen and oxygen atoms in total. The smallest absolute Gasteiger partial charge is 0.472 e. The van der Waals surface area contributed by atoms with Gasteiger partial charge in [-0.2, -0.15) is 9.97 Å². The zero-order valence-electron chi connectivity index (χ0n) is 24.2. The van der Waals surface area contributed by atoms with E-state index in [9.17, 15) is 19.3 Å². The van der Waals surface area contributed by atoms with E-state index in [1.807, 2.05) is 0 Å². The lowest BCUT2D eigenvalue weighted by atomic mass is 10.1. The van der Waals surface area contributed by atoms with E-state index in [2.05, 4.69) is 54.4 Å². The van der Waals surface area contributed by atoms with Crippen LogP contribution < -0.4 is 9.47 Å². The lowest BCUT2D eigenvalue weighted by Crippen LogP contribution is -2.31. The molecule has 0 saturated carbocycles. The van der Waals surface area contributed by atoms with Gasteiger partial charge in [0, 0.05) is 0 Å². The van der Waals surface area contributed by atoms with Crippen LogP contribution in [0.25, 0.3) is 22.3 Å².